The molecule has 3 aromatic rings. The molecule has 2 heterocycles. The molecule has 0 aliphatic rings. The zero-order chi connectivity index (χ0) is 20.3. The number of halogens is 2. The predicted octanol–water partition coefficient (Wildman–Crippen LogP) is 5.50. The molecular formula is C21H22Cl2N2O2S. The smallest absolute Gasteiger partial charge is 0.0841 e. The number of hydrogen-bond donors (Lipinski definition) is 2. The second-order valence-electron chi connectivity index (χ2n) is 6.77. The van der Waals surface area contributed by atoms with Gasteiger partial charge in [0, 0.05) is 39.4 Å². The van der Waals surface area contributed by atoms with Gasteiger partial charge in [0.2, 0.25) is 0 Å². The molecule has 28 heavy (non-hydrogen) atoms. The van der Waals surface area contributed by atoms with Crippen LogP contribution in [0, 0.1) is 0 Å². The summed E-state index contributed by atoms with van der Waals surface area (Å²) >= 11 is 13.9. The van der Waals surface area contributed by atoms with Crippen molar-refractivity contribution in [2.24, 2.45) is 0 Å². The Morgan fingerprint density at radius 2 is 1.82 bits per heavy atom. The minimum Gasteiger partial charge on any atom is -0.392 e. The molecule has 7 heteroatoms. The van der Waals surface area contributed by atoms with E-state index in [1.807, 2.05) is 24.3 Å². The molecule has 0 amide bonds. The summed E-state index contributed by atoms with van der Waals surface area (Å²) in [4.78, 5) is 5.09. The lowest BCUT2D eigenvalue weighted by molar-refractivity contribution is 0.252. The van der Waals surface area contributed by atoms with Gasteiger partial charge in [0.25, 0.3) is 0 Å². The maximum atomic E-state index is 10.1. The van der Waals surface area contributed by atoms with Crippen molar-refractivity contribution in [3.8, 4) is 0 Å². The summed E-state index contributed by atoms with van der Waals surface area (Å²) in [6.07, 6.45) is 3.54. The number of aliphatic hydroxyl groups is 2. The zero-order valence-electron chi connectivity index (χ0n) is 15.7. The fraction of sp³-hybridized carbons (Fsp3) is 0.286. The van der Waals surface area contributed by atoms with E-state index >= 15 is 0 Å². The van der Waals surface area contributed by atoms with E-state index in [4.69, 9.17) is 23.2 Å². The van der Waals surface area contributed by atoms with Gasteiger partial charge in [-0.1, -0.05) is 54.9 Å². The number of aromatic nitrogens is 2. The van der Waals surface area contributed by atoms with E-state index in [9.17, 15) is 10.2 Å². The quantitative estimate of drug-likeness (QED) is 0.513. The monoisotopic (exact) mass is 436 g/mol. The fourth-order valence-corrected chi connectivity index (χ4v) is 5.32. The van der Waals surface area contributed by atoms with Crippen LogP contribution in [0.5, 0.6) is 0 Å². The van der Waals surface area contributed by atoms with Gasteiger partial charge in [0.05, 0.1) is 23.9 Å². The Morgan fingerprint density at radius 1 is 1.11 bits per heavy atom. The molecule has 2 N–H and O–H groups in total. The van der Waals surface area contributed by atoms with E-state index in [1.54, 1.807) is 18.5 Å². The molecule has 0 fully saturated rings. The van der Waals surface area contributed by atoms with Crippen molar-refractivity contribution in [3.63, 3.8) is 0 Å². The molecule has 0 radical (unpaired) electrons. The van der Waals surface area contributed by atoms with Crippen LogP contribution < -0.4 is 0 Å². The van der Waals surface area contributed by atoms with Gasteiger partial charge in [-0.3, -0.25) is 4.98 Å². The van der Waals surface area contributed by atoms with E-state index in [0.29, 0.717) is 22.3 Å². The molecule has 4 nitrogen and oxygen atoms in total. The third-order valence-electron chi connectivity index (χ3n) is 4.47. The Morgan fingerprint density at radius 3 is 2.36 bits per heavy atom. The van der Waals surface area contributed by atoms with Crippen molar-refractivity contribution < 1.29 is 10.2 Å². The lowest BCUT2D eigenvalue weighted by atomic mass is 10.0. The van der Waals surface area contributed by atoms with Crippen molar-refractivity contribution in [2.45, 2.75) is 49.4 Å². The zero-order valence-corrected chi connectivity index (χ0v) is 18.0. The molecule has 148 valence electrons. The molecule has 1 aromatic carbocycles. The normalized spacial score (nSPS) is 11.4. The van der Waals surface area contributed by atoms with Crippen LogP contribution in [0.3, 0.4) is 0 Å². The van der Waals surface area contributed by atoms with Gasteiger partial charge >= 0.3 is 0 Å². The van der Waals surface area contributed by atoms with Gasteiger partial charge in [-0.2, -0.15) is 0 Å². The Balaban J connectivity index is 2.17. The lowest BCUT2D eigenvalue weighted by Gasteiger charge is -2.15. The van der Waals surface area contributed by atoms with Crippen LogP contribution in [-0.4, -0.2) is 19.8 Å². The molecule has 0 aliphatic carbocycles. The number of hydrogen-bond acceptors (Lipinski definition) is 4. The third kappa shape index (κ3) is 4.56. The van der Waals surface area contributed by atoms with Gasteiger partial charge in [-0.15, -0.1) is 0 Å². The molecule has 3 rings (SSSR count). The Hall–Kier alpha value is -1.50. The second kappa shape index (κ2) is 9.33. The van der Waals surface area contributed by atoms with E-state index in [2.05, 4.69) is 23.4 Å². The molecule has 0 atom stereocenters. The van der Waals surface area contributed by atoms with Gasteiger partial charge in [0.1, 0.15) is 0 Å². The van der Waals surface area contributed by atoms with Crippen molar-refractivity contribution in [1.29, 1.82) is 0 Å². The lowest BCUT2D eigenvalue weighted by Crippen LogP contribution is -2.07. The molecule has 0 saturated carbocycles. The van der Waals surface area contributed by atoms with Crippen LogP contribution in [0.15, 0.2) is 52.6 Å². The average Bonchev–Trinajstić information content (AvgIpc) is 2.94. The molecule has 0 spiro atoms. The van der Waals surface area contributed by atoms with E-state index in [-0.39, 0.29) is 19.1 Å². The molecule has 0 aliphatic heterocycles. The summed E-state index contributed by atoms with van der Waals surface area (Å²) in [7, 11) is 0. The first-order chi connectivity index (χ1) is 13.4. The van der Waals surface area contributed by atoms with Gasteiger partial charge in [-0.25, -0.2) is 0 Å². The molecule has 0 bridgehead atoms. The van der Waals surface area contributed by atoms with Crippen LogP contribution in [-0.2, 0) is 19.8 Å². The largest absolute Gasteiger partial charge is 0.392 e. The summed E-state index contributed by atoms with van der Waals surface area (Å²) < 4.78 is 2.05. The minimum absolute atomic E-state index is 0.132. The summed E-state index contributed by atoms with van der Waals surface area (Å²) in [5, 5.41) is 22.2. The first-order valence-electron chi connectivity index (χ1n) is 8.93. The van der Waals surface area contributed by atoms with Crippen molar-refractivity contribution in [1.82, 2.24) is 9.55 Å². The topological polar surface area (TPSA) is 58.3 Å². The maximum absolute atomic E-state index is 10.1. The average molecular weight is 437 g/mol. The highest BCUT2D eigenvalue weighted by Crippen LogP contribution is 2.41. The second-order valence-corrected chi connectivity index (χ2v) is 8.70. The summed E-state index contributed by atoms with van der Waals surface area (Å²) in [6.45, 7) is 4.41. The summed E-state index contributed by atoms with van der Waals surface area (Å²) in [5.41, 5.74) is 3.53. The minimum atomic E-state index is -0.160. The Kier molecular flexibility index (Phi) is 7.07. The van der Waals surface area contributed by atoms with Crippen LogP contribution in [0.25, 0.3) is 0 Å². The highest BCUT2D eigenvalue weighted by atomic mass is 35.5. The molecule has 2 aromatic heterocycles. The molecular weight excluding hydrogens is 415 g/mol. The summed E-state index contributed by atoms with van der Waals surface area (Å²) in [5.74, 6) is 0.166. The number of benzene rings is 1. The molecule has 0 unspecified atom stereocenters. The van der Waals surface area contributed by atoms with Gasteiger partial charge in [0.15, 0.2) is 0 Å². The van der Waals surface area contributed by atoms with Gasteiger partial charge < -0.3 is 14.8 Å². The SMILES string of the molecule is CC(C)c1c(CO)c(CO)n(Cc2cccnc2)c1Sc1cc(Cl)cc(Cl)c1. The Labute approximate surface area is 179 Å². The number of aliphatic hydroxyl groups excluding tert-OH is 2. The van der Waals surface area contributed by atoms with Crippen molar-refractivity contribution in [3.05, 3.63) is 75.2 Å². The van der Waals surface area contributed by atoms with Crippen LogP contribution in [0.2, 0.25) is 10.0 Å². The number of pyridine rings is 1. The standard InChI is InChI=1S/C21H22Cl2N2O2S/c1-13(2)20-18(11-26)19(12-27)25(10-14-4-3-5-24-9-14)21(20)28-17-7-15(22)6-16(23)8-17/h3-9,13,26-27H,10-12H2,1-2H3. The van der Waals surface area contributed by atoms with Crippen molar-refractivity contribution >= 4 is 35.0 Å². The first-order valence-corrected chi connectivity index (χ1v) is 10.5. The first kappa shape index (κ1) is 21.2. The van der Waals surface area contributed by atoms with Crippen LogP contribution in [0.4, 0.5) is 0 Å². The van der Waals surface area contributed by atoms with Crippen LogP contribution >= 0.6 is 35.0 Å². The number of nitrogens with zero attached hydrogens (tertiary/aromatic N) is 2. The fourth-order valence-electron chi connectivity index (χ4n) is 3.32. The van der Waals surface area contributed by atoms with E-state index < -0.39 is 0 Å². The van der Waals surface area contributed by atoms with Gasteiger partial charge in [-0.05, 0) is 41.3 Å². The highest BCUT2D eigenvalue weighted by molar-refractivity contribution is 7.99. The number of rotatable bonds is 7. The van der Waals surface area contributed by atoms with E-state index in [0.717, 1.165) is 26.6 Å². The molecule has 0 saturated heterocycles. The highest BCUT2D eigenvalue weighted by Gasteiger charge is 2.25. The maximum Gasteiger partial charge on any atom is 0.0841 e. The third-order valence-corrected chi connectivity index (χ3v) is 6.02. The van der Waals surface area contributed by atoms with Crippen LogP contribution in [0.1, 0.15) is 42.1 Å². The Bertz CT molecular complexity index is 939. The van der Waals surface area contributed by atoms with E-state index in [1.165, 1.54) is 11.8 Å². The van der Waals surface area contributed by atoms with Crippen molar-refractivity contribution in [2.75, 3.05) is 0 Å². The summed E-state index contributed by atoms with van der Waals surface area (Å²) in [6, 6.07) is 9.30. The predicted molar refractivity (Wildman–Crippen MR) is 114 cm³/mol.